The molecule has 7 nitrogen and oxygen atoms in total. The number of halogens is 3. The van der Waals surface area contributed by atoms with E-state index >= 15 is 0 Å². The Hall–Kier alpha value is -2.95. The maximum absolute atomic E-state index is 12.6. The minimum absolute atomic E-state index is 0.0441. The molecule has 1 aliphatic heterocycles. The lowest BCUT2D eigenvalue weighted by Gasteiger charge is -2.19. The average molecular weight is 442 g/mol. The second-order valence-corrected chi connectivity index (χ2v) is 8.60. The largest absolute Gasteiger partial charge is 0.573 e. The van der Waals surface area contributed by atoms with Crippen LogP contribution in [0.15, 0.2) is 53.5 Å². The van der Waals surface area contributed by atoms with Crippen molar-refractivity contribution in [3.63, 3.8) is 0 Å². The summed E-state index contributed by atoms with van der Waals surface area (Å²) >= 11 is 0. The number of hydrogen-bond donors (Lipinski definition) is 2. The van der Waals surface area contributed by atoms with Crippen LogP contribution in [0, 0.1) is 0 Å². The number of benzene rings is 2. The zero-order chi connectivity index (χ0) is 21.8. The van der Waals surface area contributed by atoms with Crippen LogP contribution in [0.4, 0.5) is 18.9 Å². The zero-order valence-electron chi connectivity index (χ0n) is 15.9. The van der Waals surface area contributed by atoms with Crippen molar-refractivity contribution in [2.75, 3.05) is 23.1 Å². The van der Waals surface area contributed by atoms with E-state index in [1.807, 2.05) is 12.1 Å². The molecule has 11 heteroatoms. The van der Waals surface area contributed by atoms with Crippen LogP contribution in [0.5, 0.6) is 5.75 Å². The second-order valence-electron chi connectivity index (χ2n) is 6.59. The van der Waals surface area contributed by atoms with E-state index in [1.54, 1.807) is 12.1 Å². The van der Waals surface area contributed by atoms with E-state index in [2.05, 4.69) is 15.0 Å². The van der Waals surface area contributed by atoms with E-state index in [0.717, 1.165) is 5.56 Å². The fourth-order valence-electron chi connectivity index (χ4n) is 3.04. The molecule has 3 N–H and O–H groups in total. The number of sulfonamides is 1. The van der Waals surface area contributed by atoms with Gasteiger partial charge in [-0.1, -0.05) is 30.3 Å². The highest BCUT2D eigenvalue weighted by atomic mass is 32.2. The van der Waals surface area contributed by atoms with Gasteiger partial charge < -0.3 is 15.8 Å². The van der Waals surface area contributed by atoms with Gasteiger partial charge in [-0.25, -0.2) is 13.4 Å². The van der Waals surface area contributed by atoms with Gasteiger partial charge in [0, 0.05) is 13.1 Å². The number of ether oxygens (including phenoxy) is 1. The minimum atomic E-state index is -4.74. The number of alkyl halides is 3. The molecule has 30 heavy (non-hydrogen) atoms. The summed E-state index contributed by atoms with van der Waals surface area (Å²) in [5, 5.41) is 2.75. The molecule has 3 rings (SSSR count). The van der Waals surface area contributed by atoms with Gasteiger partial charge in [-0.3, -0.25) is 4.31 Å². The lowest BCUT2D eigenvalue weighted by molar-refractivity contribution is -0.274. The first-order valence-electron chi connectivity index (χ1n) is 9.11. The standard InChI is InChI=1S/C19H21F3N4O3S/c20-19(21,22)29-16-7-5-14(6-8-16)13-25-18(23)24-10-12-30(27,28)26-11-9-15-3-1-2-4-17(15)26/h1-8H,9-13H2,(H3,23,24,25). The molecule has 0 aromatic heterocycles. The Bertz CT molecular complexity index is 1010. The summed E-state index contributed by atoms with van der Waals surface area (Å²) in [4.78, 5) is 4.06. The van der Waals surface area contributed by atoms with E-state index in [0.29, 0.717) is 24.2 Å². The van der Waals surface area contributed by atoms with Crippen molar-refractivity contribution < 1.29 is 26.3 Å². The molecule has 0 saturated carbocycles. The van der Waals surface area contributed by atoms with Crippen LogP contribution in [-0.4, -0.2) is 39.6 Å². The van der Waals surface area contributed by atoms with Crippen LogP contribution in [0.3, 0.4) is 0 Å². The molecule has 0 amide bonds. The van der Waals surface area contributed by atoms with Crippen molar-refractivity contribution in [2.45, 2.75) is 19.3 Å². The highest BCUT2D eigenvalue weighted by molar-refractivity contribution is 7.92. The summed E-state index contributed by atoms with van der Waals surface area (Å²) in [6, 6.07) is 12.6. The predicted molar refractivity (Wildman–Crippen MR) is 108 cm³/mol. The summed E-state index contributed by atoms with van der Waals surface area (Å²) in [6.45, 7) is 0.616. The molecule has 2 aromatic carbocycles. The number of hydrogen-bond acceptors (Lipinski definition) is 4. The number of nitrogens with one attached hydrogen (secondary N) is 1. The Morgan fingerprint density at radius 2 is 1.87 bits per heavy atom. The fourth-order valence-corrected chi connectivity index (χ4v) is 4.47. The third-order valence-corrected chi connectivity index (χ3v) is 6.21. The maximum Gasteiger partial charge on any atom is 0.573 e. The minimum Gasteiger partial charge on any atom is -0.406 e. The van der Waals surface area contributed by atoms with Gasteiger partial charge in [-0.15, -0.1) is 13.2 Å². The highest BCUT2D eigenvalue weighted by Crippen LogP contribution is 2.29. The van der Waals surface area contributed by atoms with Crippen molar-refractivity contribution in [3.05, 3.63) is 59.7 Å². The van der Waals surface area contributed by atoms with Crippen LogP contribution >= 0.6 is 0 Å². The molecular weight excluding hydrogens is 421 g/mol. The topological polar surface area (TPSA) is 97.0 Å². The Labute approximate surface area is 172 Å². The molecule has 2 aromatic rings. The van der Waals surface area contributed by atoms with E-state index in [-0.39, 0.29) is 30.6 Å². The fraction of sp³-hybridized carbons (Fsp3) is 0.316. The molecule has 0 radical (unpaired) electrons. The zero-order valence-corrected chi connectivity index (χ0v) is 16.7. The number of para-hydroxylation sites is 1. The molecule has 0 atom stereocenters. The summed E-state index contributed by atoms with van der Waals surface area (Å²) in [5.74, 6) is -0.432. The number of anilines is 1. The lowest BCUT2D eigenvalue weighted by atomic mass is 10.2. The Balaban J connectivity index is 1.48. The molecule has 1 aliphatic rings. The quantitative estimate of drug-likeness (QED) is 0.507. The predicted octanol–water partition coefficient (Wildman–Crippen LogP) is 2.38. The highest BCUT2D eigenvalue weighted by Gasteiger charge is 2.31. The first kappa shape index (κ1) is 21.8. The molecule has 162 valence electrons. The molecule has 1 heterocycles. The smallest absolute Gasteiger partial charge is 0.406 e. The number of guanidine groups is 1. The molecule has 0 unspecified atom stereocenters. The van der Waals surface area contributed by atoms with E-state index in [1.165, 1.54) is 28.6 Å². The number of nitrogens with zero attached hydrogens (tertiary/aromatic N) is 2. The SMILES string of the molecule is NC(=NCc1ccc(OC(F)(F)F)cc1)NCCS(=O)(=O)N1CCc2ccccc21. The third kappa shape index (κ3) is 5.78. The van der Waals surface area contributed by atoms with Gasteiger partial charge in [-0.05, 0) is 35.7 Å². The molecular formula is C19H21F3N4O3S. The van der Waals surface area contributed by atoms with Crippen LogP contribution in [-0.2, 0) is 23.0 Å². The lowest BCUT2D eigenvalue weighted by Crippen LogP contribution is -2.39. The van der Waals surface area contributed by atoms with E-state index in [9.17, 15) is 21.6 Å². The van der Waals surface area contributed by atoms with Gasteiger partial charge in [0.2, 0.25) is 10.0 Å². The van der Waals surface area contributed by atoms with Crippen LogP contribution in [0.25, 0.3) is 0 Å². The van der Waals surface area contributed by atoms with Crippen molar-refractivity contribution in [1.29, 1.82) is 0 Å². The van der Waals surface area contributed by atoms with Crippen molar-refractivity contribution in [1.82, 2.24) is 5.32 Å². The van der Waals surface area contributed by atoms with Crippen molar-refractivity contribution >= 4 is 21.7 Å². The molecule has 0 spiro atoms. The van der Waals surface area contributed by atoms with Gasteiger partial charge in [-0.2, -0.15) is 0 Å². The normalized spacial score (nSPS) is 14.5. The summed E-state index contributed by atoms with van der Waals surface area (Å²) in [7, 11) is -3.50. The number of fused-ring (bicyclic) bond motifs is 1. The van der Waals surface area contributed by atoms with Crippen LogP contribution in [0.1, 0.15) is 11.1 Å². The number of rotatable bonds is 7. The average Bonchev–Trinajstić information content (AvgIpc) is 3.11. The molecule has 0 bridgehead atoms. The Kier molecular flexibility index (Phi) is 6.40. The summed E-state index contributed by atoms with van der Waals surface area (Å²) in [5.41, 5.74) is 8.08. The number of aliphatic imine (C=N–C) groups is 1. The van der Waals surface area contributed by atoms with E-state index in [4.69, 9.17) is 5.73 Å². The van der Waals surface area contributed by atoms with Gasteiger partial charge in [0.1, 0.15) is 5.75 Å². The van der Waals surface area contributed by atoms with Gasteiger partial charge in [0.25, 0.3) is 0 Å². The monoisotopic (exact) mass is 442 g/mol. The second kappa shape index (κ2) is 8.82. The van der Waals surface area contributed by atoms with Gasteiger partial charge in [0.05, 0.1) is 18.0 Å². The van der Waals surface area contributed by atoms with Gasteiger partial charge >= 0.3 is 6.36 Å². The van der Waals surface area contributed by atoms with E-state index < -0.39 is 16.4 Å². The van der Waals surface area contributed by atoms with Crippen LogP contribution in [0.2, 0.25) is 0 Å². The summed E-state index contributed by atoms with van der Waals surface area (Å²) in [6.07, 6.45) is -4.06. The molecule has 0 saturated heterocycles. The molecule has 0 aliphatic carbocycles. The maximum atomic E-state index is 12.6. The van der Waals surface area contributed by atoms with Crippen molar-refractivity contribution in [2.24, 2.45) is 10.7 Å². The Morgan fingerprint density at radius 1 is 1.17 bits per heavy atom. The van der Waals surface area contributed by atoms with Gasteiger partial charge in [0.15, 0.2) is 5.96 Å². The Morgan fingerprint density at radius 3 is 2.57 bits per heavy atom. The third-order valence-electron chi connectivity index (χ3n) is 4.44. The molecule has 0 fully saturated rings. The van der Waals surface area contributed by atoms with Crippen molar-refractivity contribution in [3.8, 4) is 5.75 Å². The first-order chi connectivity index (χ1) is 14.1. The first-order valence-corrected chi connectivity index (χ1v) is 10.7. The number of nitrogens with two attached hydrogens (primary N) is 1. The summed E-state index contributed by atoms with van der Waals surface area (Å²) < 4.78 is 66.9. The van der Waals surface area contributed by atoms with Crippen LogP contribution < -0.4 is 20.1 Å².